The second-order valence-electron chi connectivity index (χ2n) is 9.99. The van der Waals surface area contributed by atoms with Crippen LogP contribution < -0.4 is 9.64 Å². The number of pyridine rings is 1. The van der Waals surface area contributed by atoms with Gasteiger partial charge in [0.2, 0.25) is 0 Å². The number of aromatic nitrogens is 4. The molecule has 204 valence electrons. The van der Waals surface area contributed by atoms with E-state index in [1.165, 1.54) is 0 Å². The molecule has 5 rings (SSSR count). The second kappa shape index (κ2) is 11.0. The Morgan fingerprint density at radius 2 is 1.82 bits per heavy atom. The maximum absolute atomic E-state index is 12.9. The van der Waals surface area contributed by atoms with Crippen molar-refractivity contribution in [1.82, 2.24) is 19.4 Å². The van der Waals surface area contributed by atoms with E-state index >= 15 is 0 Å². The molecule has 0 aliphatic carbocycles. The molecule has 0 unspecified atom stereocenters. The van der Waals surface area contributed by atoms with Crippen molar-refractivity contribution in [1.29, 1.82) is 0 Å². The zero-order valence-corrected chi connectivity index (χ0v) is 22.2. The van der Waals surface area contributed by atoms with Crippen LogP contribution in [0.1, 0.15) is 43.6 Å². The number of rotatable bonds is 8. The Hall–Kier alpha value is -4.08. The molecule has 1 fully saturated rings. The maximum Gasteiger partial charge on any atom is 0.387 e. The lowest BCUT2D eigenvalue weighted by Crippen LogP contribution is -2.43. The van der Waals surface area contributed by atoms with Crippen molar-refractivity contribution in [2.75, 3.05) is 24.6 Å². The Morgan fingerprint density at radius 1 is 1.10 bits per heavy atom. The number of ether oxygens (including phenoxy) is 2. The molecular formula is C29H31F2N5O3. The molecule has 8 nitrogen and oxygen atoms in total. The van der Waals surface area contributed by atoms with Crippen LogP contribution >= 0.6 is 0 Å². The lowest BCUT2D eigenvalue weighted by Gasteiger charge is -2.38. The van der Waals surface area contributed by atoms with Crippen LogP contribution in [0.4, 0.5) is 14.5 Å². The molecule has 1 saturated heterocycles. The quantitative estimate of drug-likeness (QED) is 0.277. The van der Waals surface area contributed by atoms with Crippen molar-refractivity contribution < 1.29 is 23.0 Å². The van der Waals surface area contributed by atoms with Gasteiger partial charge in [0.1, 0.15) is 11.4 Å². The van der Waals surface area contributed by atoms with Gasteiger partial charge in [0.15, 0.2) is 5.82 Å². The van der Waals surface area contributed by atoms with Crippen LogP contribution in [-0.4, -0.2) is 51.6 Å². The Morgan fingerprint density at radius 3 is 2.51 bits per heavy atom. The topological polar surface area (TPSA) is 81.8 Å². The van der Waals surface area contributed by atoms with E-state index in [0.29, 0.717) is 37.3 Å². The van der Waals surface area contributed by atoms with Crippen molar-refractivity contribution >= 4 is 17.3 Å². The summed E-state index contributed by atoms with van der Waals surface area (Å²) in [6.45, 7) is 4.63. The molecule has 0 atom stereocenters. The van der Waals surface area contributed by atoms with Gasteiger partial charge < -0.3 is 18.8 Å². The zero-order chi connectivity index (χ0) is 27.6. The fourth-order valence-electron chi connectivity index (χ4n) is 5.00. The minimum atomic E-state index is -2.90. The zero-order valence-electron chi connectivity index (χ0n) is 22.2. The SMILES string of the molecule is CCOC(=O)C1(C)CCN(c2cnc(-c3ccc4nc(C)c(Cc5ccccc5OC(F)F)n4c3)nc2)CC1. The molecule has 0 bridgehead atoms. The van der Waals surface area contributed by atoms with E-state index in [1.54, 1.807) is 36.7 Å². The first-order valence-electron chi connectivity index (χ1n) is 13.0. The minimum absolute atomic E-state index is 0.134. The van der Waals surface area contributed by atoms with Gasteiger partial charge >= 0.3 is 12.6 Å². The summed E-state index contributed by atoms with van der Waals surface area (Å²) in [4.78, 5) is 28.4. The summed E-state index contributed by atoms with van der Waals surface area (Å²) < 4.78 is 37.8. The van der Waals surface area contributed by atoms with Crippen LogP contribution in [0.3, 0.4) is 0 Å². The van der Waals surface area contributed by atoms with Crippen molar-refractivity contribution in [3.05, 3.63) is 71.9 Å². The van der Waals surface area contributed by atoms with Crippen LogP contribution in [0.15, 0.2) is 55.0 Å². The fourth-order valence-corrected chi connectivity index (χ4v) is 5.00. The van der Waals surface area contributed by atoms with E-state index < -0.39 is 12.0 Å². The van der Waals surface area contributed by atoms with Crippen LogP contribution in [-0.2, 0) is 16.0 Å². The summed E-state index contributed by atoms with van der Waals surface area (Å²) in [7, 11) is 0. The van der Waals surface area contributed by atoms with Gasteiger partial charge in [-0.15, -0.1) is 0 Å². The van der Waals surface area contributed by atoms with E-state index in [1.807, 2.05) is 43.5 Å². The Bertz CT molecular complexity index is 1460. The molecule has 0 amide bonds. The van der Waals surface area contributed by atoms with Gasteiger partial charge in [0.25, 0.3) is 0 Å². The molecule has 0 spiro atoms. The number of alkyl halides is 2. The summed E-state index contributed by atoms with van der Waals surface area (Å²) in [5.74, 6) is 0.579. The number of halogens is 2. The largest absolute Gasteiger partial charge is 0.466 e. The number of para-hydroxylation sites is 1. The molecular weight excluding hydrogens is 504 g/mol. The first-order valence-corrected chi connectivity index (χ1v) is 13.0. The molecule has 3 aromatic heterocycles. The molecule has 39 heavy (non-hydrogen) atoms. The number of carbonyl (C=O) groups excluding carboxylic acids is 1. The first kappa shape index (κ1) is 26.5. The number of imidazole rings is 1. The van der Waals surface area contributed by atoms with Gasteiger partial charge in [0, 0.05) is 42.5 Å². The number of aryl methyl sites for hydroxylation is 1. The van der Waals surface area contributed by atoms with E-state index in [0.717, 1.165) is 41.4 Å². The highest BCUT2D eigenvalue weighted by atomic mass is 19.3. The number of carbonyl (C=O) groups is 1. The van der Waals surface area contributed by atoms with Gasteiger partial charge in [-0.1, -0.05) is 18.2 Å². The van der Waals surface area contributed by atoms with Crippen LogP contribution in [0.2, 0.25) is 0 Å². The van der Waals surface area contributed by atoms with E-state index in [2.05, 4.69) is 19.9 Å². The number of hydrogen-bond donors (Lipinski definition) is 0. The summed E-state index contributed by atoms with van der Waals surface area (Å²) in [6.07, 6.45) is 7.31. The van der Waals surface area contributed by atoms with Crippen LogP contribution in [0.5, 0.6) is 5.75 Å². The third-order valence-corrected chi connectivity index (χ3v) is 7.36. The van der Waals surface area contributed by atoms with E-state index in [-0.39, 0.29) is 11.7 Å². The maximum atomic E-state index is 12.9. The third kappa shape index (κ3) is 5.55. The van der Waals surface area contributed by atoms with Crippen molar-refractivity contribution in [2.45, 2.75) is 46.6 Å². The molecule has 4 heterocycles. The lowest BCUT2D eigenvalue weighted by molar-refractivity contribution is -0.155. The van der Waals surface area contributed by atoms with Gasteiger partial charge in [-0.3, -0.25) is 4.79 Å². The van der Waals surface area contributed by atoms with Gasteiger partial charge in [-0.05, 0) is 51.8 Å². The average molecular weight is 536 g/mol. The number of anilines is 1. The van der Waals surface area contributed by atoms with Gasteiger partial charge in [0.05, 0.1) is 35.8 Å². The Balaban J connectivity index is 1.35. The van der Waals surface area contributed by atoms with Gasteiger partial charge in [-0.25, -0.2) is 15.0 Å². The van der Waals surface area contributed by atoms with Crippen LogP contribution in [0.25, 0.3) is 17.0 Å². The summed E-state index contributed by atoms with van der Waals surface area (Å²) in [6, 6.07) is 10.6. The number of esters is 1. The molecule has 0 radical (unpaired) electrons. The van der Waals surface area contributed by atoms with E-state index in [4.69, 9.17) is 9.47 Å². The smallest absolute Gasteiger partial charge is 0.387 e. The standard InChI is InChI=1S/C29H31F2N5O3/c1-4-38-27(37)29(3)11-13-35(14-12-29)22-16-32-26(33-17-22)21-9-10-25-34-19(2)23(36(25)18-21)15-20-7-5-6-8-24(20)39-28(30)31/h5-10,16-18,28H,4,11-15H2,1-3H3. The fraction of sp³-hybridized carbons (Fsp3) is 0.379. The molecule has 1 aliphatic rings. The summed E-state index contributed by atoms with van der Waals surface area (Å²) in [5, 5.41) is 0. The molecule has 1 aliphatic heterocycles. The number of benzene rings is 1. The molecule has 0 saturated carbocycles. The summed E-state index contributed by atoms with van der Waals surface area (Å²) in [5.41, 5.74) is 4.30. The van der Waals surface area contributed by atoms with Gasteiger partial charge in [-0.2, -0.15) is 8.78 Å². The van der Waals surface area contributed by atoms with Crippen LogP contribution in [0, 0.1) is 12.3 Å². The highest BCUT2D eigenvalue weighted by Gasteiger charge is 2.38. The predicted molar refractivity (Wildman–Crippen MR) is 143 cm³/mol. The highest BCUT2D eigenvalue weighted by molar-refractivity contribution is 5.77. The average Bonchev–Trinajstić information content (AvgIpc) is 3.24. The first-order chi connectivity index (χ1) is 18.8. The predicted octanol–water partition coefficient (Wildman–Crippen LogP) is 5.46. The molecule has 10 heteroatoms. The number of piperidine rings is 1. The van der Waals surface area contributed by atoms with Crippen molar-refractivity contribution in [3.8, 4) is 17.1 Å². The Kier molecular flexibility index (Phi) is 7.45. The monoisotopic (exact) mass is 535 g/mol. The number of fused-ring (bicyclic) bond motifs is 1. The second-order valence-corrected chi connectivity index (χ2v) is 9.99. The number of hydrogen-bond acceptors (Lipinski definition) is 7. The normalized spacial score (nSPS) is 15.1. The van der Waals surface area contributed by atoms with Crippen molar-refractivity contribution in [3.63, 3.8) is 0 Å². The van der Waals surface area contributed by atoms with E-state index in [9.17, 15) is 13.6 Å². The van der Waals surface area contributed by atoms with Crippen molar-refractivity contribution in [2.24, 2.45) is 5.41 Å². The minimum Gasteiger partial charge on any atom is -0.466 e. The Labute approximate surface area is 225 Å². The highest BCUT2D eigenvalue weighted by Crippen LogP contribution is 2.34. The number of nitrogens with zero attached hydrogens (tertiary/aromatic N) is 5. The molecule has 0 N–H and O–H groups in total. The molecule has 4 aromatic rings. The third-order valence-electron chi connectivity index (χ3n) is 7.36. The molecule has 1 aromatic carbocycles. The lowest BCUT2D eigenvalue weighted by atomic mass is 9.80. The summed E-state index contributed by atoms with van der Waals surface area (Å²) >= 11 is 0.